The summed E-state index contributed by atoms with van der Waals surface area (Å²) in [5.74, 6) is 1.87. The van der Waals surface area contributed by atoms with Crippen molar-refractivity contribution in [1.82, 2.24) is 0 Å². The van der Waals surface area contributed by atoms with Crippen molar-refractivity contribution in [2.24, 2.45) is 5.41 Å². The third-order valence-corrected chi connectivity index (χ3v) is 6.66. The average molecular weight is 302 g/mol. The molecule has 0 amide bonds. The zero-order chi connectivity index (χ0) is 15.4. The molecule has 1 aromatic carbocycles. The topological polar surface area (TPSA) is 38.7 Å². The van der Waals surface area contributed by atoms with Crippen LogP contribution in [0.2, 0.25) is 0 Å². The van der Waals surface area contributed by atoms with Gasteiger partial charge in [0.2, 0.25) is 0 Å². The van der Waals surface area contributed by atoms with Crippen LogP contribution in [0.5, 0.6) is 11.5 Å². The molecule has 22 heavy (non-hydrogen) atoms. The number of aliphatic hydroxyl groups excluding tert-OH is 1. The second-order valence-electron chi connectivity index (χ2n) is 7.47. The minimum atomic E-state index is -0.292. The lowest BCUT2D eigenvalue weighted by Crippen LogP contribution is -2.50. The van der Waals surface area contributed by atoms with Crippen LogP contribution in [-0.4, -0.2) is 24.9 Å². The molecular formula is C19H26O3. The van der Waals surface area contributed by atoms with E-state index in [1.54, 1.807) is 7.11 Å². The quantitative estimate of drug-likeness (QED) is 0.859. The summed E-state index contributed by atoms with van der Waals surface area (Å²) in [6.45, 7) is 2.69. The molecule has 1 aromatic rings. The lowest BCUT2D eigenvalue weighted by Gasteiger charge is -2.47. The van der Waals surface area contributed by atoms with Gasteiger partial charge in [-0.15, -0.1) is 0 Å². The highest BCUT2D eigenvalue weighted by Crippen LogP contribution is 2.64. The molecule has 3 nitrogen and oxygen atoms in total. The molecule has 1 aliphatic heterocycles. The zero-order valence-electron chi connectivity index (χ0n) is 13.7. The molecular weight excluding hydrogens is 276 g/mol. The lowest BCUT2D eigenvalue weighted by atomic mass is 9.56. The zero-order valence-corrected chi connectivity index (χ0v) is 13.7. The van der Waals surface area contributed by atoms with Crippen molar-refractivity contribution in [3.05, 3.63) is 23.3 Å². The first-order chi connectivity index (χ1) is 10.6. The average Bonchev–Trinajstić information content (AvgIpc) is 3.03. The Morgan fingerprint density at radius 2 is 1.95 bits per heavy atom. The van der Waals surface area contributed by atoms with Crippen LogP contribution in [0.4, 0.5) is 0 Å². The summed E-state index contributed by atoms with van der Waals surface area (Å²) in [5, 5.41) is 11.0. The number of rotatable bonds is 1. The second-order valence-corrected chi connectivity index (χ2v) is 7.47. The van der Waals surface area contributed by atoms with Gasteiger partial charge in [-0.1, -0.05) is 19.3 Å². The first-order valence-electron chi connectivity index (χ1n) is 8.63. The Morgan fingerprint density at radius 1 is 1.18 bits per heavy atom. The number of ether oxygens (including phenoxy) is 2. The predicted octanol–water partition coefficient (Wildman–Crippen LogP) is 3.74. The highest BCUT2D eigenvalue weighted by molar-refractivity contribution is 5.54. The van der Waals surface area contributed by atoms with Crippen LogP contribution in [0, 0.1) is 12.3 Å². The van der Waals surface area contributed by atoms with Crippen molar-refractivity contribution in [1.29, 1.82) is 0 Å². The maximum Gasteiger partial charge on any atom is 0.123 e. The van der Waals surface area contributed by atoms with E-state index in [1.165, 1.54) is 37.7 Å². The smallest absolute Gasteiger partial charge is 0.123 e. The molecule has 2 spiro atoms. The molecule has 0 aromatic heterocycles. The van der Waals surface area contributed by atoms with Crippen molar-refractivity contribution in [2.45, 2.75) is 63.4 Å². The van der Waals surface area contributed by atoms with Gasteiger partial charge in [0.25, 0.3) is 0 Å². The van der Waals surface area contributed by atoms with Gasteiger partial charge in [-0.05, 0) is 55.7 Å². The summed E-state index contributed by atoms with van der Waals surface area (Å²) in [5.41, 5.74) is 2.30. The highest BCUT2D eigenvalue weighted by atomic mass is 16.5. The van der Waals surface area contributed by atoms with Crippen molar-refractivity contribution in [3.63, 3.8) is 0 Å². The Labute approximate surface area is 132 Å². The van der Waals surface area contributed by atoms with E-state index < -0.39 is 0 Å². The van der Waals surface area contributed by atoms with E-state index in [2.05, 4.69) is 19.1 Å². The van der Waals surface area contributed by atoms with Gasteiger partial charge >= 0.3 is 0 Å². The fourth-order valence-electron chi connectivity index (χ4n) is 5.49. The molecule has 0 saturated heterocycles. The van der Waals surface area contributed by atoms with Gasteiger partial charge in [0.05, 0.1) is 18.6 Å². The van der Waals surface area contributed by atoms with E-state index in [0.29, 0.717) is 6.61 Å². The number of fused-ring (bicyclic) bond motifs is 3. The summed E-state index contributed by atoms with van der Waals surface area (Å²) in [6.07, 6.45) is 8.09. The minimum absolute atomic E-state index is 0.218. The molecule has 1 N–H and O–H groups in total. The monoisotopic (exact) mass is 302 g/mol. The third kappa shape index (κ3) is 1.66. The molecule has 3 aliphatic rings. The molecule has 2 aliphatic carbocycles. The largest absolute Gasteiger partial charge is 0.496 e. The Hall–Kier alpha value is -1.22. The van der Waals surface area contributed by atoms with Gasteiger partial charge in [-0.2, -0.15) is 0 Å². The van der Waals surface area contributed by atoms with Gasteiger partial charge < -0.3 is 14.6 Å². The standard InChI is InChI=1S/C19H26O3/c1-13-10-16-14(11-15(13)21-2)19(12-22-16)17(20)6-9-18(19)7-4-3-5-8-18/h10-11,17,20H,3-9,12H2,1-2H3/t17-,19+/m1/s1. The number of hydrogen-bond acceptors (Lipinski definition) is 3. The van der Waals surface area contributed by atoms with Gasteiger partial charge in [0.15, 0.2) is 0 Å². The van der Waals surface area contributed by atoms with E-state index in [1.807, 2.05) is 0 Å². The number of aryl methyl sites for hydroxylation is 1. The Bertz CT molecular complexity index is 583. The molecule has 1 heterocycles. The van der Waals surface area contributed by atoms with E-state index >= 15 is 0 Å². The number of aliphatic hydroxyl groups is 1. The molecule has 2 saturated carbocycles. The number of methoxy groups -OCH3 is 1. The van der Waals surface area contributed by atoms with E-state index in [0.717, 1.165) is 29.9 Å². The first kappa shape index (κ1) is 14.4. The lowest BCUT2D eigenvalue weighted by molar-refractivity contribution is 0.00350. The van der Waals surface area contributed by atoms with Gasteiger partial charge in [-0.25, -0.2) is 0 Å². The summed E-state index contributed by atoms with van der Waals surface area (Å²) in [4.78, 5) is 0. The summed E-state index contributed by atoms with van der Waals surface area (Å²) >= 11 is 0. The van der Waals surface area contributed by atoms with Crippen LogP contribution in [-0.2, 0) is 5.41 Å². The molecule has 0 bridgehead atoms. The van der Waals surface area contributed by atoms with Gasteiger partial charge in [0, 0.05) is 5.56 Å². The van der Waals surface area contributed by atoms with Crippen molar-refractivity contribution in [2.75, 3.05) is 13.7 Å². The van der Waals surface area contributed by atoms with Crippen LogP contribution < -0.4 is 9.47 Å². The second kappa shape index (κ2) is 4.89. The van der Waals surface area contributed by atoms with Crippen LogP contribution in [0.15, 0.2) is 12.1 Å². The Kier molecular flexibility index (Phi) is 3.19. The molecule has 120 valence electrons. The first-order valence-corrected chi connectivity index (χ1v) is 8.63. The highest BCUT2D eigenvalue weighted by Gasteiger charge is 2.63. The molecule has 3 heteroatoms. The summed E-state index contributed by atoms with van der Waals surface area (Å²) in [7, 11) is 1.72. The fraction of sp³-hybridized carbons (Fsp3) is 0.684. The maximum absolute atomic E-state index is 11.0. The minimum Gasteiger partial charge on any atom is -0.496 e. The SMILES string of the molecule is COc1cc2c(cc1C)OC[C@@]21[C@H](O)CCC12CCCCC2. The number of hydrogen-bond donors (Lipinski definition) is 1. The van der Waals surface area contributed by atoms with Crippen LogP contribution >= 0.6 is 0 Å². The molecule has 0 radical (unpaired) electrons. The fourth-order valence-corrected chi connectivity index (χ4v) is 5.49. The van der Waals surface area contributed by atoms with Crippen LogP contribution in [0.1, 0.15) is 56.1 Å². The van der Waals surface area contributed by atoms with Crippen LogP contribution in [0.25, 0.3) is 0 Å². The normalized spacial score (nSPS) is 32.2. The van der Waals surface area contributed by atoms with Gasteiger partial charge in [0.1, 0.15) is 18.1 Å². The van der Waals surface area contributed by atoms with Crippen molar-refractivity contribution < 1.29 is 14.6 Å². The number of benzene rings is 1. The summed E-state index contributed by atoms with van der Waals surface area (Å²) < 4.78 is 11.6. The van der Waals surface area contributed by atoms with Crippen molar-refractivity contribution in [3.8, 4) is 11.5 Å². The van der Waals surface area contributed by atoms with Gasteiger partial charge in [-0.3, -0.25) is 0 Å². The Balaban J connectivity index is 1.88. The third-order valence-electron chi connectivity index (χ3n) is 6.66. The maximum atomic E-state index is 11.0. The van der Waals surface area contributed by atoms with Crippen molar-refractivity contribution >= 4 is 0 Å². The van der Waals surface area contributed by atoms with E-state index in [-0.39, 0.29) is 16.9 Å². The molecule has 2 atom stereocenters. The summed E-state index contributed by atoms with van der Waals surface area (Å²) in [6, 6.07) is 4.23. The van der Waals surface area contributed by atoms with E-state index in [9.17, 15) is 5.11 Å². The Morgan fingerprint density at radius 3 is 2.68 bits per heavy atom. The van der Waals surface area contributed by atoms with E-state index in [4.69, 9.17) is 9.47 Å². The molecule has 0 unspecified atom stereocenters. The predicted molar refractivity (Wildman–Crippen MR) is 85.7 cm³/mol. The molecule has 4 rings (SSSR count). The molecule has 2 fully saturated rings. The van der Waals surface area contributed by atoms with Crippen LogP contribution in [0.3, 0.4) is 0 Å².